The molecule has 0 fully saturated rings. The molecule has 3 rings (SSSR count). The molecule has 0 amide bonds. The number of pyridine rings is 1. The normalized spacial score (nSPS) is 9.75. The molecule has 0 radical (unpaired) electrons. The summed E-state index contributed by atoms with van der Waals surface area (Å²) < 4.78 is 0. The molecule has 0 spiro atoms. The number of nitrogens with one attached hydrogen (secondary N) is 1. The predicted octanol–water partition coefficient (Wildman–Crippen LogP) is 3.03. The molecule has 0 saturated carbocycles. The van der Waals surface area contributed by atoms with Gasteiger partial charge in [0.25, 0.3) is 0 Å². The van der Waals surface area contributed by atoms with Crippen molar-refractivity contribution in [1.29, 1.82) is 5.26 Å². The Bertz CT molecular complexity index is 857. The van der Waals surface area contributed by atoms with E-state index in [1.54, 1.807) is 6.20 Å². The number of nitriles is 1. The van der Waals surface area contributed by atoms with E-state index in [1.165, 1.54) is 0 Å². The van der Waals surface area contributed by atoms with Gasteiger partial charge < -0.3 is 4.98 Å². The molecule has 0 saturated heterocycles. The molecule has 3 aromatic rings. The number of hydrogen-bond acceptors (Lipinski definition) is 2. The lowest BCUT2D eigenvalue weighted by molar-refractivity contribution is 1.26. The van der Waals surface area contributed by atoms with Crippen molar-refractivity contribution in [2.75, 3.05) is 0 Å². The van der Waals surface area contributed by atoms with Crippen LogP contribution in [0.1, 0.15) is 16.7 Å². The monoisotopic (exact) mass is 257 g/mol. The quantitative estimate of drug-likeness (QED) is 0.681. The van der Waals surface area contributed by atoms with E-state index in [0.29, 0.717) is 6.42 Å². The predicted molar refractivity (Wildman–Crippen MR) is 77.8 cm³/mol. The minimum atomic E-state index is 0.410. The second-order valence-corrected chi connectivity index (χ2v) is 4.38. The molecule has 2 heterocycles. The van der Waals surface area contributed by atoms with Crippen molar-refractivity contribution in [3.05, 3.63) is 65.5 Å². The molecule has 0 unspecified atom stereocenters. The maximum atomic E-state index is 8.72. The topological polar surface area (TPSA) is 52.5 Å². The fraction of sp³-hybridized carbons (Fsp3) is 0.0588. The third-order valence-electron chi connectivity index (χ3n) is 3.01. The summed E-state index contributed by atoms with van der Waals surface area (Å²) in [5, 5.41) is 9.74. The van der Waals surface area contributed by atoms with E-state index in [9.17, 15) is 0 Å². The molecule has 3 heteroatoms. The lowest BCUT2D eigenvalue weighted by atomic mass is 10.1. The van der Waals surface area contributed by atoms with Gasteiger partial charge >= 0.3 is 0 Å². The van der Waals surface area contributed by atoms with Gasteiger partial charge in [-0.15, -0.1) is 0 Å². The zero-order valence-electron chi connectivity index (χ0n) is 10.7. The van der Waals surface area contributed by atoms with Gasteiger partial charge in [0.15, 0.2) is 0 Å². The number of H-pyrrole nitrogens is 1. The van der Waals surface area contributed by atoms with Crippen LogP contribution < -0.4 is 0 Å². The van der Waals surface area contributed by atoms with E-state index in [1.807, 2.05) is 42.6 Å². The van der Waals surface area contributed by atoms with Crippen LogP contribution in [-0.4, -0.2) is 9.97 Å². The van der Waals surface area contributed by atoms with Crippen molar-refractivity contribution in [3.8, 4) is 17.9 Å². The number of aromatic nitrogens is 2. The summed E-state index contributed by atoms with van der Waals surface area (Å²) in [6.07, 6.45) is 4.01. The summed E-state index contributed by atoms with van der Waals surface area (Å²) in [6.45, 7) is 0. The number of benzene rings is 1. The van der Waals surface area contributed by atoms with Crippen molar-refractivity contribution in [1.82, 2.24) is 9.97 Å². The fourth-order valence-electron chi connectivity index (χ4n) is 2.06. The molecule has 1 aromatic carbocycles. The first-order chi connectivity index (χ1) is 9.86. The van der Waals surface area contributed by atoms with Crippen LogP contribution in [0, 0.1) is 23.2 Å². The van der Waals surface area contributed by atoms with Crippen LogP contribution in [0.2, 0.25) is 0 Å². The summed E-state index contributed by atoms with van der Waals surface area (Å²) in [6, 6.07) is 13.8. The number of fused-ring (bicyclic) bond motifs is 1. The molecule has 0 bridgehead atoms. The smallest absolute Gasteiger partial charge is 0.138 e. The Kier molecular flexibility index (Phi) is 3.18. The second-order valence-electron chi connectivity index (χ2n) is 4.38. The van der Waals surface area contributed by atoms with Crippen LogP contribution in [0.5, 0.6) is 0 Å². The standard InChI is InChI=1S/C17H11N3/c18-9-6-14-3-1-2-13(12-14)4-5-15-7-10-19-17-16(15)8-11-20-17/h1-3,7-8,10-12H,6H2,(H,19,20). The molecule has 0 aliphatic rings. The summed E-state index contributed by atoms with van der Waals surface area (Å²) in [4.78, 5) is 7.30. The first kappa shape index (κ1) is 12.0. The SMILES string of the molecule is N#CCc1cccc(C#Cc2ccnc3[nH]ccc23)c1. The Morgan fingerprint density at radius 3 is 3.00 bits per heavy atom. The van der Waals surface area contributed by atoms with Gasteiger partial charge in [0, 0.05) is 28.9 Å². The summed E-state index contributed by atoms with van der Waals surface area (Å²) in [5.41, 5.74) is 3.69. The minimum absolute atomic E-state index is 0.410. The third-order valence-corrected chi connectivity index (χ3v) is 3.01. The third kappa shape index (κ3) is 2.39. The maximum Gasteiger partial charge on any atom is 0.138 e. The summed E-state index contributed by atoms with van der Waals surface area (Å²) in [5.74, 6) is 6.31. The molecule has 0 atom stereocenters. The zero-order chi connectivity index (χ0) is 13.8. The van der Waals surface area contributed by atoms with Crippen LogP contribution >= 0.6 is 0 Å². The van der Waals surface area contributed by atoms with Crippen molar-refractivity contribution < 1.29 is 0 Å². The van der Waals surface area contributed by atoms with Gasteiger partial charge in [0.05, 0.1) is 12.5 Å². The van der Waals surface area contributed by atoms with Gasteiger partial charge in [-0.3, -0.25) is 0 Å². The lowest BCUT2D eigenvalue weighted by Crippen LogP contribution is -1.84. The van der Waals surface area contributed by atoms with Crippen molar-refractivity contribution >= 4 is 11.0 Å². The van der Waals surface area contributed by atoms with Crippen molar-refractivity contribution in [2.24, 2.45) is 0 Å². The Labute approximate surface area is 116 Å². The molecular weight excluding hydrogens is 246 g/mol. The van der Waals surface area contributed by atoms with Crippen molar-refractivity contribution in [2.45, 2.75) is 6.42 Å². The van der Waals surface area contributed by atoms with Gasteiger partial charge in [0.1, 0.15) is 5.65 Å². The summed E-state index contributed by atoms with van der Waals surface area (Å²) in [7, 11) is 0. The first-order valence-electron chi connectivity index (χ1n) is 6.27. The average Bonchev–Trinajstić information content (AvgIpc) is 2.95. The Hall–Kier alpha value is -3.04. The van der Waals surface area contributed by atoms with E-state index in [2.05, 4.69) is 27.9 Å². The van der Waals surface area contributed by atoms with Crippen LogP contribution in [0.4, 0.5) is 0 Å². The molecule has 2 aromatic heterocycles. The van der Waals surface area contributed by atoms with Gasteiger partial charge in [-0.2, -0.15) is 5.26 Å². The number of hydrogen-bond donors (Lipinski definition) is 1. The first-order valence-corrected chi connectivity index (χ1v) is 6.27. The number of rotatable bonds is 1. The minimum Gasteiger partial charge on any atom is -0.346 e. The molecule has 1 N–H and O–H groups in total. The van der Waals surface area contributed by atoms with E-state index < -0.39 is 0 Å². The average molecular weight is 257 g/mol. The van der Waals surface area contributed by atoms with E-state index in [4.69, 9.17) is 5.26 Å². The Balaban J connectivity index is 1.98. The molecular formula is C17H11N3. The van der Waals surface area contributed by atoms with Crippen LogP contribution in [-0.2, 0) is 6.42 Å². The maximum absolute atomic E-state index is 8.72. The van der Waals surface area contributed by atoms with Gasteiger partial charge in [0.2, 0.25) is 0 Å². The van der Waals surface area contributed by atoms with Gasteiger partial charge in [-0.05, 0) is 29.8 Å². The number of nitrogens with zero attached hydrogens (tertiary/aromatic N) is 2. The highest BCUT2D eigenvalue weighted by molar-refractivity contribution is 5.82. The van der Waals surface area contributed by atoms with Gasteiger partial charge in [-0.1, -0.05) is 24.0 Å². The van der Waals surface area contributed by atoms with Gasteiger partial charge in [-0.25, -0.2) is 4.98 Å². The molecule has 20 heavy (non-hydrogen) atoms. The second kappa shape index (κ2) is 5.30. The highest BCUT2D eigenvalue weighted by Gasteiger charge is 1.99. The molecule has 0 aliphatic carbocycles. The Morgan fingerprint density at radius 2 is 2.10 bits per heavy atom. The van der Waals surface area contributed by atoms with Crippen LogP contribution in [0.25, 0.3) is 11.0 Å². The van der Waals surface area contributed by atoms with E-state index in [-0.39, 0.29) is 0 Å². The molecule has 0 aliphatic heterocycles. The summed E-state index contributed by atoms with van der Waals surface area (Å²) >= 11 is 0. The Morgan fingerprint density at radius 1 is 1.15 bits per heavy atom. The number of aromatic amines is 1. The zero-order valence-corrected chi connectivity index (χ0v) is 10.7. The van der Waals surface area contributed by atoms with Crippen molar-refractivity contribution in [3.63, 3.8) is 0 Å². The van der Waals surface area contributed by atoms with E-state index in [0.717, 1.165) is 27.7 Å². The van der Waals surface area contributed by atoms with Crippen LogP contribution in [0.3, 0.4) is 0 Å². The fourth-order valence-corrected chi connectivity index (χ4v) is 2.06. The lowest BCUT2D eigenvalue weighted by Gasteiger charge is -1.96. The van der Waals surface area contributed by atoms with Crippen LogP contribution in [0.15, 0.2) is 48.8 Å². The van der Waals surface area contributed by atoms with E-state index >= 15 is 0 Å². The highest BCUT2D eigenvalue weighted by atomic mass is 14.8. The molecule has 3 nitrogen and oxygen atoms in total. The molecule has 94 valence electrons. The largest absolute Gasteiger partial charge is 0.346 e. The highest BCUT2D eigenvalue weighted by Crippen LogP contribution is 2.14.